The van der Waals surface area contributed by atoms with Crippen molar-refractivity contribution in [3.8, 4) is 5.88 Å². The van der Waals surface area contributed by atoms with E-state index in [-0.39, 0.29) is 13.2 Å². The molecule has 0 aliphatic carbocycles. The van der Waals surface area contributed by atoms with Crippen molar-refractivity contribution < 1.29 is 14.6 Å². The highest BCUT2D eigenvalue weighted by Crippen LogP contribution is 2.10. The Morgan fingerprint density at radius 3 is 2.57 bits per heavy atom. The van der Waals surface area contributed by atoms with Gasteiger partial charge in [0.05, 0.1) is 18.9 Å². The zero-order chi connectivity index (χ0) is 15.1. The van der Waals surface area contributed by atoms with E-state index in [9.17, 15) is 5.11 Å². The molecule has 1 aromatic carbocycles. The summed E-state index contributed by atoms with van der Waals surface area (Å²) in [6, 6.07) is 11.6. The first-order valence-corrected chi connectivity index (χ1v) is 6.88. The van der Waals surface area contributed by atoms with Crippen LogP contribution < -0.4 is 4.74 Å². The van der Waals surface area contributed by atoms with Crippen LogP contribution in [0.3, 0.4) is 0 Å². The molecule has 2 rings (SSSR count). The number of ether oxygens (including phenoxy) is 2. The minimum absolute atomic E-state index is 0.131. The molecule has 1 aromatic heterocycles. The molecule has 5 heteroatoms. The molecule has 1 atom stereocenters. The highest BCUT2D eigenvalue weighted by atomic mass is 16.5. The molecule has 0 spiro atoms. The molecule has 0 bridgehead atoms. The summed E-state index contributed by atoms with van der Waals surface area (Å²) in [5, 5.41) is 17.7. The fraction of sp³-hybridized carbons (Fsp3) is 0.375. The normalized spacial score (nSPS) is 12.1. The third-order valence-electron chi connectivity index (χ3n) is 3.05. The van der Waals surface area contributed by atoms with E-state index < -0.39 is 6.10 Å². The number of hydrogen-bond donors (Lipinski definition) is 1. The van der Waals surface area contributed by atoms with Crippen LogP contribution in [-0.2, 0) is 11.3 Å². The molecule has 0 saturated heterocycles. The number of aliphatic hydroxyl groups excluding tert-OH is 1. The summed E-state index contributed by atoms with van der Waals surface area (Å²) >= 11 is 0. The van der Waals surface area contributed by atoms with E-state index in [0.717, 1.165) is 16.8 Å². The van der Waals surface area contributed by atoms with Gasteiger partial charge in [0.2, 0.25) is 5.88 Å². The highest BCUT2D eigenvalue weighted by molar-refractivity contribution is 5.21. The SMILES string of the molecule is Cc1cc(OC[C@H](O)COCc2ccccc2)nnc1C. The summed E-state index contributed by atoms with van der Waals surface area (Å²) in [7, 11) is 0. The Kier molecular flexibility index (Phi) is 5.66. The fourth-order valence-corrected chi connectivity index (χ4v) is 1.71. The van der Waals surface area contributed by atoms with Gasteiger partial charge in [0.25, 0.3) is 0 Å². The third kappa shape index (κ3) is 5.13. The first-order valence-electron chi connectivity index (χ1n) is 6.88. The predicted molar refractivity (Wildman–Crippen MR) is 79.1 cm³/mol. The van der Waals surface area contributed by atoms with Crippen molar-refractivity contribution in [2.45, 2.75) is 26.6 Å². The van der Waals surface area contributed by atoms with E-state index in [1.54, 1.807) is 6.07 Å². The number of aromatic nitrogens is 2. The molecule has 1 N–H and O–H groups in total. The second-order valence-electron chi connectivity index (χ2n) is 4.92. The van der Waals surface area contributed by atoms with E-state index in [1.807, 2.05) is 44.2 Å². The van der Waals surface area contributed by atoms with Crippen molar-refractivity contribution in [1.29, 1.82) is 0 Å². The van der Waals surface area contributed by atoms with Crippen LogP contribution in [0, 0.1) is 13.8 Å². The Labute approximate surface area is 124 Å². The zero-order valence-electron chi connectivity index (χ0n) is 12.3. The number of aryl methyl sites for hydroxylation is 2. The maximum atomic E-state index is 9.81. The Hall–Kier alpha value is -1.98. The maximum absolute atomic E-state index is 9.81. The van der Waals surface area contributed by atoms with Gasteiger partial charge in [-0.3, -0.25) is 0 Å². The molecule has 1 heterocycles. The molecule has 2 aromatic rings. The zero-order valence-corrected chi connectivity index (χ0v) is 12.3. The van der Waals surface area contributed by atoms with Gasteiger partial charge >= 0.3 is 0 Å². The molecule has 0 saturated carbocycles. The van der Waals surface area contributed by atoms with Crippen LogP contribution in [0.4, 0.5) is 0 Å². The molecule has 0 aliphatic rings. The van der Waals surface area contributed by atoms with Crippen LogP contribution in [0.15, 0.2) is 36.4 Å². The average Bonchev–Trinajstić information content (AvgIpc) is 2.49. The van der Waals surface area contributed by atoms with Crippen molar-refractivity contribution in [3.05, 3.63) is 53.2 Å². The van der Waals surface area contributed by atoms with E-state index >= 15 is 0 Å². The summed E-state index contributed by atoms with van der Waals surface area (Å²) in [4.78, 5) is 0. The lowest BCUT2D eigenvalue weighted by atomic mass is 10.2. The monoisotopic (exact) mass is 288 g/mol. The van der Waals surface area contributed by atoms with E-state index in [1.165, 1.54) is 0 Å². The lowest BCUT2D eigenvalue weighted by Gasteiger charge is -2.12. The quantitative estimate of drug-likeness (QED) is 0.844. The molecule has 112 valence electrons. The van der Waals surface area contributed by atoms with Gasteiger partial charge in [-0.25, -0.2) is 0 Å². The summed E-state index contributed by atoms with van der Waals surface area (Å²) in [5.41, 5.74) is 2.95. The lowest BCUT2D eigenvalue weighted by Crippen LogP contribution is -2.23. The van der Waals surface area contributed by atoms with Crippen LogP contribution in [0.5, 0.6) is 5.88 Å². The van der Waals surface area contributed by atoms with Gasteiger partial charge in [-0.05, 0) is 25.0 Å². The number of nitrogens with zero attached hydrogens (tertiary/aromatic N) is 2. The van der Waals surface area contributed by atoms with Crippen LogP contribution in [0.25, 0.3) is 0 Å². The van der Waals surface area contributed by atoms with Crippen molar-refractivity contribution in [3.63, 3.8) is 0 Å². The van der Waals surface area contributed by atoms with Gasteiger partial charge in [0.15, 0.2) is 0 Å². The second kappa shape index (κ2) is 7.71. The number of rotatable bonds is 7. The molecule has 0 aliphatic heterocycles. The first kappa shape index (κ1) is 15.4. The average molecular weight is 288 g/mol. The van der Waals surface area contributed by atoms with Gasteiger partial charge in [-0.1, -0.05) is 30.3 Å². The molecule has 0 radical (unpaired) electrons. The summed E-state index contributed by atoms with van der Waals surface area (Å²) in [6.45, 7) is 4.65. The highest BCUT2D eigenvalue weighted by Gasteiger charge is 2.07. The van der Waals surface area contributed by atoms with Gasteiger partial charge in [0, 0.05) is 6.07 Å². The van der Waals surface area contributed by atoms with E-state index in [4.69, 9.17) is 9.47 Å². The standard InChI is InChI=1S/C16H20N2O3/c1-12-8-16(18-17-13(12)2)21-11-15(19)10-20-9-14-6-4-3-5-7-14/h3-8,15,19H,9-11H2,1-2H3/t15-/m1/s1. The van der Waals surface area contributed by atoms with Crippen LogP contribution >= 0.6 is 0 Å². The van der Waals surface area contributed by atoms with Crippen molar-refractivity contribution in [2.24, 2.45) is 0 Å². The molecule has 5 nitrogen and oxygen atoms in total. The topological polar surface area (TPSA) is 64.5 Å². The van der Waals surface area contributed by atoms with Gasteiger partial charge in [-0.2, -0.15) is 5.10 Å². The molecule has 0 amide bonds. The Morgan fingerprint density at radius 1 is 1.10 bits per heavy atom. The van der Waals surface area contributed by atoms with E-state index in [0.29, 0.717) is 12.5 Å². The van der Waals surface area contributed by atoms with Gasteiger partial charge in [0.1, 0.15) is 12.7 Å². The molecule has 21 heavy (non-hydrogen) atoms. The lowest BCUT2D eigenvalue weighted by molar-refractivity contribution is 0.00449. The number of benzene rings is 1. The molecule has 0 fully saturated rings. The number of hydrogen-bond acceptors (Lipinski definition) is 5. The molecular weight excluding hydrogens is 268 g/mol. The summed E-state index contributed by atoms with van der Waals surface area (Å²) in [5.74, 6) is 0.417. The van der Waals surface area contributed by atoms with Gasteiger partial charge < -0.3 is 14.6 Å². The van der Waals surface area contributed by atoms with Gasteiger partial charge in [-0.15, -0.1) is 5.10 Å². The minimum atomic E-state index is -0.697. The minimum Gasteiger partial charge on any atom is -0.474 e. The predicted octanol–water partition coefficient (Wildman–Crippen LogP) is 2.05. The van der Waals surface area contributed by atoms with Crippen LogP contribution in [0.1, 0.15) is 16.8 Å². The molecule has 0 unspecified atom stereocenters. The van der Waals surface area contributed by atoms with Crippen molar-refractivity contribution >= 4 is 0 Å². The maximum Gasteiger partial charge on any atom is 0.233 e. The fourth-order valence-electron chi connectivity index (χ4n) is 1.71. The first-order chi connectivity index (χ1) is 10.1. The molecular formula is C16H20N2O3. The second-order valence-corrected chi connectivity index (χ2v) is 4.92. The Bertz CT molecular complexity index is 561. The Morgan fingerprint density at radius 2 is 1.86 bits per heavy atom. The van der Waals surface area contributed by atoms with Crippen molar-refractivity contribution in [1.82, 2.24) is 10.2 Å². The third-order valence-corrected chi connectivity index (χ3v) is 3.05. The van der Waals surface area contributed by atoms with Crippen LogP contribution in [-0.4, -0.2) is 34.6 Å². The Balaban J connectivity index is 1.69. The smallest absolute Gasteiger partial charge is 0.233 e. The summed E-state index contributed by atoms with van der Waals surface area (Å²) in [6.07, 6.45) is -0.697. The number of aliphatic hydroxyl groups is 1. The van der Waals surface area contributed by atoms with E-state index in [2.05, 4.69) is 10.2 Å². The summed E-state index contributed by atoms with van der Waals surface area (Å²) < 4.78 is 10.8. The largest absolute Gasteiger partial charge is 0.474 e. The van der Waals surface area contributed by atoms with Crippen LogP contribution in [0.2, 0.25) is 0 Å². The van der Waals surface area contributed by atoms with Crippen molar-refractivity contribution in [2.75, 3.05) is 13.2 Å².